The number of nitrogens with zero attached hydrogens (tertiary/aromatic N) is 1. The molecule has 2 saturated carbocycles. The van der Waals surface area contributed by atoms with E-state index in [1.165, 1.54) is 6.42 Å². The van der Waals surface area contributed by atoms with Gasteiger partial charge in [0.05, 0.1) is 0 Å². The van der Waals surface area contributed by atoms with Crippen molar-refractivity contribution in [2.75, 3.05) is 0 Å². The molecule has 0 radical (unpaired) electrons. The Morgan fingerprint density at radius 1 is 1.11 bits per heavy atom. The van der Waals surface area contributed by atoms with Gasteiger partial charge in [-0.25, -0.2) is 0 Å². The van der Waals surface area contributed by atoms with E-state index in [0.29, 0.717) is 34.8 Å². The second-order valence-corrected chi connectivity index (χ2v) is 8.28. The molecule has 1 nitrogen and oxygen atoms in total. The number of fused-ring (bicyclic) bond motifs is 2. The summed E-state index contributed by atoms with van der Waals surface area (Å²) in [5.74, 6) is 2.38. The van der Waals surface area contributed by atoms with E-state index in [9.17, 15) is 0 Å². The van der Waals surface area contributed by atoms with Crippen molar-refractivity contribution in [1.82, 2.24) is 0 Å². The molecule has 6 aliphatic rings. The molecular weight excluding hydrogens is 301 g/mol. The van der Waals surface area contributed by atoms with Crippen molar-refractivity contribution in [2.24, 2.45) is 40.5 Å². The van der Waals surface area contributed by atoms with Gasteiger partial charge in [-0.05, 0) is 30.6 Å². The highest BCUT2D eigenvalue weighted by Gasteiger charge is 2.74. The topological polar surface area (TPSA) is 12.4 Å². The van der Waals surface area contributed by atoms with Gasteiger partial charge < -0.3 is 0 Å². The monoisotopic (exact) mass is 313 g/mol. The standard InChI is InChI=1S/C15H14Cl3N/c16-13-14(17)9-2-1-3-10(9)15(18,19-13)12-8-5-4-7(6-8)11(12)14/h1-2,4-5,7-12H,3,6H2. The summed E-state index contributed by atoms with van der Waals surface area (Å²) in [5.41, 5.74) is 0. The minimum atomic E-state index is -0.531. The third-order valence-electron chi connectivity index (χ3n) is 6.17. The van der Waals surface area contributed by atoms with Crippen LogP contribution in [0.15, 0.2) is 29.3 Å². The molecule has 4 aliphatic carbocycles. The Balaban J connectivity index is 1.80. The molecule has 0 aromatic rings. The molecule has 8 unspecified atom stereocenters. The van der Waals surface area contributed by atoms with Crippen LogP contribution in [-0.2, 0) is 0 Å². The highest BCUT2D eigenvalue weighted by molar-refractivity contribution is 6.73. The van der Waals surface area contributed by atoms with Crippen molar-refractivity contribution >= 4 is 40.0 Å². The van der Waals surface area contributed by atoms with E-state index < -0.39 is 9.87 Å². The highest BCUT2D eigenvalue weighted by atomic mass is 35.5. The summed E-state index contributed by atoms with van der Waals surface area (Å²) >= 11 is 20.6. The van der Waals surface area contributed by atoms with Gasteiger partial charge in [0.2, 0.25) is 0 Å². The minimum Gasteiger partial charge on any atom is -0.252 e. The van der Waals surface area contributed by atoms with Crippen molar-refractivity contribution in [3.8, 4) is 0 Å². The third kappa shape index (κ3) is 1.06. The summed E-state index contributed by atoms with van der Waals surface area (Å²) in [4.78, 5) is 3.66. The van der Waals surface area contributed by atoms with E-state index in [-0.39, 0.29) is 5.92 Å². The minimum absolute atomic E-state index is 0.255. The average molecular weight is 315 g/mol. The molecule has 8 atom stereocenters. The van der Waals surface area contributed by atoms with Crippen LogP contribution in [0.25, 0.3) is 0 Å². The fourth-order valence-electron chi connectivity index (χ4n) is 5.59. The van der Waals surface area contributed by atoms with Crippen molar-refractivity contribution in [1.29, 1.82) is 0 Å². The number of aliphatic imine (C=N–C) groups is 1. The van der Waals surface area contributed by atoms with Crippen LogP contribution in [0, 0.1) is 35.5 Å². The lowest BCUT2D eigenvalue weighted by Crippen LogP contribution is -2.67. The quantitative estimate of drug-likeness (QED) is 0.361. The summed E-state index contributed by atoms with van der Waals surface area (Å²) < 4.78 is 0. The van der Waals surface area contributed by atoms with Gasteiger partial charge >= 0.3 is 0 Å². The molecule has 0 aromatic heterocycles. The van der Waals surface area contributed by atoms with E-state index in [0.717, 1.165) is 6.42 Å². The molecule has 2 fully saturated rings. The van der Waals surface area contributed by atoms with Crippen LogP contribution in [0.2, 0.25) is 0 Å². The van der Waals surface area contributed by atoms with Gasteiger partial charge in [0, 0.05) is 17.8 Å². The van der Waals surface area contributed by atoms with Crippen LogP contribution in [0.1, 0.15) is 12.8 Å². The van der Waals surface area contributed by atoms with Gasteiger partial charge in [-0.2, -0.15) is 0 Å². The van der Waals surface area contributed by atoms with Crippen molar-refractivity contribution in [2.45, 2.75) is 22.7 Å². The normalized spacial score (nSPS) is 63.4. The lowest BCUT2D eigenvalue weighted by molar-refractivity contribution is 0.0518. The zero-order valence-electron chi connectivity index (χ0n) is 10.3. The zero-order chi connectivity index (χ0) is 13.0. The Labute approximate surface area is 127 Å². The third-order valence-corrected chi connectivity index (χ3v) is 7.96. The molecular formula is C15H14Cl3N. The molecule has 100 valence electrons. The molecule has 0 spiro atoms. The molecule has 19 heavy (non-hydrogen) atoms. The first kappa shape index (κ1) is 11.7. The number of halogens is 3. The smallest absolute Gasteiger partial charge is 0.142 e. The first-order chi connectivity index (χ1) is 9.07. The first-order valence-electron chi connectivity index (χ1n) is 7.05. The van der Waals surface area contributed by atoms with Gasteiger partial charge in [0.1, 0.15) is 15.0 Å². The fourth-order valence-corrected chi connectivity index (χ4v) is 7.19. The van der Waals surface area contributed by atoms with Crippen LogP contribution in [-0.4, -0.2) is 15.0 Å². The second-order valence-electron chi connectivity index (χ2n) is 6.69. The Hall–Kier alpha value is 0.0200. The van der Waals surface area contributed by atoms with E-state index in [1.54, 1.807) is 0 Å². The van der Waals surface area contributed by atoms with E-state index in [2.05, 4.69) is 24.3 Å². The Kier molecular flexibility index (Phi) is 2.00. The molecule has 2 aliphatic heterocycles. The first-order valence-corrected chi connectivity index (χ1v) is 8.19. The Morgan fingerprint density at radius 3 is 2.63 bits per heavy atom. The maximum atomic E-state index is 7.10. The Bertz CT molecular complexity index is 568. The number of hydrogen-bond acceptors (Lipinski definition) is 1. The van der Waals surface area contributed by atoms with Crippen LogP contribution in [0.3, 0.4) is 0 Å². The number of alkyl halides is 2. The maximum absolute atomic E-state index is 7.10. The predicted octanol–water partition coefficient (Wildman–Crippen LogP) is 4.19. The van der Waals surface area contributed by atoms with Gasteiger partial charge in [-0.3, -0.25) is 4.99 Å². The SMILES string of the molecule is ClC1=NC2(Cl)C3CC=CC3C1(Cl)C1C3C=CC(C3)C12. The molecule has 0 saturated heterocycles. The zero-order valence-corrected chi connectivity index (χ0v) is 12.5. The van der Waals surface area contributed by atoms with Gasteiger partial charge in [0.25, 0.3) is 0 Å². The van der Waals surface area contributed by atoms with Crippen LogP contribution in [0.5, 0.6) is 0 Å². The molecule has 2 heterocycles. The summed E-state index contributed by atoms with van der Waals surface area (Å²) in [6.45, 7) is 0. The molecule has 6 rings (SSSR count). The summed E-state index contributed by atoms with van der Waals surface area (Å²) in [7, 11) is 0. The van der Waals surface area contributed by atoms with Crippen LogP contribution >= 0.6 is 34.8 Å². The summed E-state index contributed by atoms with van der Waals surface area (Å²) in [6.07, 6.45) is 11.3. The van der Waals surface area contributed by atoms with Crippen molar-refractivity contribution < 1.29 is 0 Å². The highest BCUT2D eigenvalue weighted by Crippen LogP contribution is 2.72. The lowest BCUT2D eigenvalue weighted by atomic mass is 9.55. The molecule has 0 N–H and O–H groups in total. The van der Waals surface area contributed by atoms with Gasteiger partial charge in [-0.1, -0.05) is 47.5 Å². The van der Waals surface area contributed by atoms with Crippen LogP contribution < -0.4 is 0 Å². The van der Waals surface area contributed by atoms with Crippen molar-refractivity contribution in [3.63, 3.8) is 0 Å². The van der Waals surface area contributed by atoms with E-state index >= 15 is 0 Å². The van der Waals surface area contributed by atoms with E-state index in [4.69, 9.17) is 39.8 Å². The second kappa shape index (κ2) is 3.26. The number of allylic oxidation sites excluding steroid dienone is 4. The Morgan fingerprint density at radius 2 is 1.84 bits per heavy atom. The van der Waals surface area contributed by atoms with Gasteiger partial charge in [0.15, 0.2) is 0 Å². The lowest BCUT2D eigenvalue weighted by Gasteiger charge is -2.60. The van der Waals surface area contributed by atoms with E-state index in [1.807, 2.05) is 0 Å². The maximum Gasteiger partial charge on any atom is 0.142 e. The fraction of sp³-hybridized carbons (Fsp3) is 0.667. The molecule has 0 amide bonds. The summed E-state index contributed by atoms with van der Waals surface area (Å²) in [6, 6.07) is 0. The van der Waals surface area contributed by atoms with Crippen molar-refractivity contribution in [3.05, 3.63) is 24.3 Å². The van der Waals surface area contributed by atoms with Crippen LogP contribution in [0.4, 0.5) is 0 Å². The summed E-state index contributed by atoms with van der Waals surface area (Å²) in [5, 5.41) is 0.555. The predicted molar refractivity (Wildman–Crippen MR) is 78.9 cm³/mol. The largest absolute Gasteiger partial charge is 0.252 e. The number of rotatable bonds is 0. The average Bonchev–Trinajstić information content (AvgIpc) is 3.07. The molecule has 4 bridgehead atoms. The number of hydrogen-bond donors (Lipinski definition) is 0. The van der Waals surface area contributed by atoms with Gasteiger partial charge in [-0.15, -0.1) is 11.6 Å². The molecule has 0 aromatic carbocycles. The molecule has 4 heteroatoms.